The summed E-state index contributed by atoms with van der Waals surface area (Å²) < 4.78 is 1.14. The fourth-order valence-electron chi connectivity index (χ4n) is 2.81. The van der Waals surface area contributed by atoms with Crippen molar-refractivity contribution in [2.24, 2.45) is 0 Å². The maximum absolute atomic E-state index is 12.8. The average Bonchev–Trinajstić information content (AvgIpc) is 2.61. The van der Waals surface area contributed by atoms with Crippen LogP contribution in [-0.2, 0) is 17.8 Å². The maximum atomic E-state index is 12.8. The number of halogens is 2. The lowest BCUT2D eigenvalue weighted by Crippen LogP contribution is -2.30. The van der Waals surface area contributed by atoms with Gasteiger partial charge in [0.1, 0.15) is 6.61 Å². The summed E-state index contributed by atoms with van der Waals surface area (Å²) in [6.45, 7) is 1.75. The smallest absolute Gasteiger partial charge is 0.307 e. The van der Waals surface area contributed by atoms with E-state index in [9.17, 15) is 14.7 Å². The molecule has 0 unspecified atom stereocenters. The molecule has 1 aromatic heterocycles. The number of rotatable bonds is 5. The van der Waals surface area contributed by atoms with E-state index >= 15 is 0 Å². The molecule has 2 aromatic carbocycles. The molecule has 0 aliphatic carbocycles. The molecule has 0 fully saturated rings. The molecule has 0 bridgehead atoms. The monoisotopic (exact) mass is 391 g/mol. The Hall–Kier alpha value is -2.50. The number of nitrogens with zero attached hydrogens (tertiary/aromatic N) is 1. The predicted molar refractivity (Wildman–Crippen MR) is 101 cm³/mol. The largest absolute Gasteiger partial charge is 0.481 e. The standard InChI is InChI=1S/C19H15Cl2NO4/c1-11-15(9-18(23)24)13-4-2-3-5-14(13)19(25)22(11)26-10-12-6-7-16(20)17(21)8-12/h2-8H,9-10H2,1H3,(H,23,24). The molecule has 5 nitrogen and oxygen atoms in total. The van der Waals surface area contributed by atoms with Crippen LogP contribution in [0.4, 0.5) is 0 Å². The van der Waals surface area contributed by atoms with Gasteiger partial charge in [0.2, 0.25) is 0 Å². The van der Waals surface area contributed by atoms with Gasteiger partial charge in [-0.2, -0.15) is 0 Å². The lowest BCUT2D eigenvalue weighted by molar-refractivity contribution is -0.136. The second-order valence-electron chi connectivity index (χ2n) is 5.80. The lowest BCUT2D eigenvalue weighted by Gasteiger charge is -2.17. The lowest BCUT2D eigenvalue weighted by atomic mass is 10.0. The first-order chi connectivity index (χ1) is 12.4. The molecule has 0 aliphatic rings. The van der Waals surface area contributed by atoms with Gasteiger partial charge in [0.15, 0.2) is 0 Å². The third-order valence-electron chi connectivity index (χ3n) is 4.08. The molecule has 0 atom stereocenters. The number of fused-ring (bicyclic) bond motifs is 1. The van der Waals surface area contributed by atoms with Gasteiger partial charge in [-0.15, -0.1) is 4.73 Å². The third-order valence-corrected chi connectivity index (χ3v) is 4.82. The first-order valence-electron chi connectivity index (χ1n) is 7.80. The minimum Gasteiger partial charge on any atom is -0.481 e. The van der Waals surface area contributed by atoms with Gasteiger partial charge in [-0.05, 0) is 41.6 Å². The van der Waals surface area contributed by atoms with E-state index < -0.39 is 5.97 Å². The minimum absolute atomic E-state index is 0.0858. The molecule has 1 heterocycles. The van der Waals surface area contributed by atoms with Crippen molar-refractivity contribution < 1.29 is 14.7 Å². The summed E-state index contributed by atoms with van der Waals surface area (Å²) in [5.41, 5.74) is 1.39. The predicted octanol–water partition coefficient (Wildman–Crippen LogP) is 3.87. The van der Waals surface area contributed by atoms with Crippen molar-refractivity contribution in [3.63, 3.8) is 0 Å². The summed E-state index contributed by atoms with van der Waals surface area (Å²) in [6.07, 6.45) is -0.206. The van der Waals surface area contributed by atoms with Crippen molar-refractivity contribution in [3.05, 3.63) is 79.7 Å². The van der Waals surface area contributed by atoms with Crippen molar-refractivity contribution in [2.45, 2.75) is 20.0 Å². The van der Waals surface area contributed by atoms with E-state index in [0.717, 1.165) is 10.3 Å². The SMILES string of the molecule is Cc1c(CC(=O)O)c2ccccc2c(=O)n1OCc1ccc(Cl)c(Cl)c1. The van der Waals surface area contributed by atoms with E-state index in [2.05, 4.69) is 0 Å². The van der Waals surface area contributed by atoms with Crippen LogP contribution in [0.5, 0.6) is 0 Å². The summed E-state index contributed by atoms with van der Waals surface area (Å²) >= 11 is 11.9. The van der Waals surface area contributed by atoms with Gasteiger partial charge >= 0.3 is 5.97 Å². The third kappa shape index (κ3) is 3.54. The van der Waals surface area contributed by atoms with Crippen molar-refractivity contribution in [3.8, 4) is 0 Å². The summed E-state index contributed by atoms with van der Waals surface area (Å²) in [5.74, 6) is -0.979. The van der Waals surface area contributed by atoms with Gasteiger partial charge < -0.3 is 9.94 Å². The number of carboxylic acids is 1. The highest BCUT2D eigenvalue weighted by Crippen LogP contribution is 2.23. The van der Waals surface area contributed by atoms with Gasteiger partial charge in [-0.1, -0.05) is 47.5 Å². The Kier molecular flexibility index (Phi) is 5.20. The summed E-state index contributed by atoms with van der Waals surface area (Å²) in [4.78, 5) is 29.7. The molecule has 0 spiro atoms. The molecular formula is C19H15Cl2NO4. The van der Waals surface area contributed by atoms with Crippen molar-refractivity contribution in [1.82, 2.24) is 4.73 Å². The van der Waals surface area contributed by atoms with Gasteiger partial charge in [0.05, 0.1) is 27.5 Å². The zero-order valence-corrected chi connectivity index (χ0v) is 15.3. The van der Waals surface area contributed by atoms with Crippen LogP contribution in [0.2, 0.25) is 10.0 Å². The molecule has 3 aromatic rings. The summed E-state index contributed by atoms with van der Waals surface area (Å²) in [7, 11) is 0. The van der Waals surface area contributed by atoms with Gasteiger partial charge in [-0.25, -0.2) is 0 Å². The van der Waals surface area contributed by atoms with Gasteiger partial charge in [-0.3, -0.25) is 9.59 Å². The van der Waals surface area contributed by atoms with Crippen LogP contribution in [0.25, 0.3) is 10.8 Å². The maximum Gasteiger partial charge on any atom is 0.307 e. The molecule has 0 aliphatic heterocycles. The van der Waals surface area contributed by atoms with E-state index in [1.165, 1.54) is 0 Å². The number of benzene rings is 2. The topological polar surface area (TPSA) is 68.5 Å². The van der Waals surface area contributed by atoms with Gasteiger partial charge in [0, 0.05) is 0 Å². The molecule has 134 valence electrons. The highest BCUT2D eigenvalue weighted by atomic mass is 35.5. The zero-order valence-electron chi connectivity index (χ0n) is 13.8. The van der Waals surface area contributed by atoms with E-state index in [4.69, 9.17) is 28.0 Å². The molecule has 26 heavy (non-hydrogen) atoms. The Bertz CT molecular complexity index is 1060. The number of aliphatic carboxylic acids is 1. The van der Waals surface area contributed by atoms with Gasteiger partial charge in [0.25, 0.3) is 5.56 Å². The summed E-state index contributed by atoms with van der Waals surface area (Å²) in [5, 5.41) is 11.1. The van der Waals surface area contributed by atoms with Crippen LogP contribution in [-0.4, -0.2) is 15.8 Å². The van der Waals surface area contributed by atoms with E-state index in [1.807, 2.05) is 0 Å². The van der Waals surface area contributed by atoms with Crippen molar-refractivity contribution >= 4 is 39.9 Å². The molecule has 0 saturated carbocycles. The molecule has 0 radical (unpaired) electrons. The van der Waals surface area contributed by atoms with Crippen LogP contribution in [0.3, 0.4) is 0 Å². The number of hydrogen-bond acceptors (Lipinski definition) is 3. The van der Waals surface area contributed by atoms with Crippen LogP contribution in [0.1, 0.15) is 16.8 Å². The normalized spacial score (nSPS) is 10.9. The Balaban J connectivity index is 2.05. The molecule has 0 amide bonds. The average molecular weight is 392 g/mol. The van der Waals surface area contributed by atoms with Crippen LogP contribution in [0.15, 0.2) is 47.3 Å². The first-order valence-corrected chi connectivity index (χ1v) is 8.56. The van der Waals surface area contributed by atoms with E-state index in [1.54, 1.807) is 49.4 Å². The van der Waals surface area contributed by atoms with Crippen molar-refractivity contribution in [2.75, 3.05) is 0 Å². The minimum atomic E-state index is -0.979. The highest BCUT2D eigenvalue weighted by Gasteiger charge is 2.17. The Labute approximate surface area is 159 Å². The molecule has 7 heteroatoms. The van der Waals surface area contributed by atoms with E-state index in [0.29, 0.717) is 32.1 Å². The van der Waals surface area contributed by atoms with Crippen LogP contribution in [0, 0.1) is 6.92 Å². The number of hydrogen-bond donors (Lipinski definition) is 1. The Morgan fingerprint density at radius 1 is 1.12 bits per heavy atom. The molecule has 0 saturated heterocycles. The number of aromatic nitrogens is 1. The molecule has 3 rings (SSSR count). The van der Waals surface area contributed by atoms with Crippen LogP contribution < -0.4 is 10.4 Å². The van der Waals surface area contributed by atoms with Crippen LogP contribution >= 0.6 is 23.2 Å². The fraction of sp³-hybridized carbons (Fsp3) is 0.158. The second kappa shape index (κ2) is 7.40. The number of pyridine rings is 1. The second-order valence-corrected chi connectivity index (χ2v) is 6.62. The molecule has 1 N–H and O–H groups in total. The zero-order chi connectivity index (χ0) is 18.8. The highest BCUT2D eigenvalue weighted by molar-refractivity contribution is 6.42. The quantitative estimate of drug-likeness (QED) is 0.716. The number of carbonyl (C=O) groups is 1. The fourth-order valence-corrected chi connectivity index (χ4v) is 3.13. The van der Waals surface area contributed by atoms with Crippen molar-refractivity contribution in [1.29, 1.82) is 0 Å². The summed E-state index contributed by atoms with van der Waals surface area (Å²) in [6, 6.07) is 11.9. The number of carboxylic acid groups (broad SMARTS) is 1. The van der Waals surface area contributed by atoms with E-state index in [-0.39, 0.29) is 18.6 Å². The first kappa shape index (κ1) is 18.3. The molecular weight excluding hydrogens is 377 g/mol. The Morgan fingerprint density at radius 3 is 2.46 bits per heavy atom. The Morgan fingerprint density at radius 2 is 1.81 bits per heavy atom.